The van der Waals surface area contributed by atoms with E-state index in [4.69, 9.17) is 0 Å². The predicted molar refractivity (Wildman–Crippen MR) is 61.2 cm³/mol. The van der Waals surface area contributed by atoms with Crippen LogP contribution >= 0.6 is 11.8 Å². The fraction of sp³-hybridized carbons (Fsp3) is 1.00. The molecule has 0 saturated heterocycles. The summed E-state index contributed by atoms with van der Waals surface area (Å²) in [7, 11) is 0. The van der Waals surface area contributed by atoms with Crippen molar-refractivity contribution < 1.29 is 0 Å². The monoisotopic (exact) mass is 198 g/mol. The predicted octanol–water partition coefficient (Wildman–Crippen LogP) is 4.10. The summed E-state index contributed by atoms with van der Waals surface area (Å²) in [5.74, 6) is 2.21. The molecule has 0 aromatic heterocycles. The van der Waals surface area contributed by atoms with Gasteiger partial charge in [-0.15, -0.1) is 0 Å². The highest BCUT2D eigenvalue weighted by atomic mass is 32.2. The largest absolute Gasteiger partial charge is 0.162 e. The van der Waals surface area contributed by atoms with Crippen LogP contribution in [0.4, 0.5) is 0 Å². The van der Waals surface area contributed by atoms with Crippen molar-refractivity contribution in [2.24, 2.45) is 11.8 Å². The van der Waals surface area contributed by atoms with Crippen molar-refractivity contribution in [3.63, 3.8) is 0 Å². The third-order valence-electron chi connectivity index (χ3n) is 3.97. The third-order valence-corrected chi connectivity index (χ3v) is 5.06. The Hall–Kier alpha value is 0.350. The van der Waals surface area contributed by atoms with Crippen LogP contribution in [-0.2, 0) is 0 Å². The van der Waals surface area contributed by atoms with Gasteiger partial charge in [-0.05, 0) is 43.8 Å². The number of thioether (sulfide) groups is 1. The molecule has 0 N–H and O–H groups in total. The molecule has 76 valence electrons. The van der Waals surface area contributed by atoms with Crippen molar-refractivity contribution in [3.8, 4) is 0 Å². The van der Waals surface area contributed by atoms with Crippen LogP contribution in [0, 0.1) is 11.8 Å². The molecule has 13 heavy (non-hydrogen) atoms. The SMILES string of the molecule is CSC1CCC(CC2CCCC2)C1. The highest BCUT2D eigenvalue weighted by Crippen LogP contribution is 2.39. The van der Waals surface area contributed by atoms with Crippen LogP contribution in [-0.4, -0.2) is 11.5 Å². The number of hydrogen-bond donors (Lipinski definition) is 0. The number of hydrogen-bond acceptors (Lipinski definition) is 1. The molecule has 2 unspecified atom stereocenters. The van der Waals surface area contributed by atoms with Crippen LogP contribution in [0.1, 0.15) is 51.4 Å². The van der Waals surface area contributed by atoms with E-state index >= 15 is 0 Å². The summed E-state index contributed by atoms with van der Waals surface area (Å²) in [6.07, 6.45) is 14.5. The van der Waals surface area contributed by atoms with E-state index in [0.717, 1.165) is 17.1 Å². The molecule has 1 heteroatoms. The van der Waals surface area contributed by atoms with E-state index in [0.29, 0.717) is 0 Å². The number of rotatable bonds is 3. The van der Waals surface area contributed by atoms with Gasteiger partial charge in [0, 0.05) is 5.25 Å². The Kier molecular flexibility index (Phi) is 3.59. The lowest BCUT2D eigenvalue weighted by atomic mass is 9.92. The molecule has 0 bridgehead atoms. The molecule has 0 heterocycles. The van der Waals surface area contributed by atoms with Crippen LogP contribution in [0.15, 0.2) is 0 Å². The van der Waals surface area contributed by atoms with Crippen molar-refractivity contribution in [1.29, 1.82) is 0 Å². The van der Waals surface area contributed by atoms with E-state index < -0.39 is 0 Å². The van der Waals surface area contributed by atoms with E-state index in [1.807, 2.05) is 0 Å². The molecule has 0 nitrogen and oxygen atoms in total. The van der Waals surface area contributed by atoms with Crippen molar-refractivity contribution in [3.05, 3.63) is 0 Å². The van der Waals surface area contributed by atoms with E-state index in [9.17, 15) is 0 Å². The van der Waals surface area contributed by atoms with Crippen molar-refractivity contribution in [1.82, 2.24) is 0 Å². The van der Waals surface area contributed by atoms with Gasteiger partial charge in [0.1, 0.15) is 0 Å². The first-order valence-electron chi connectivity index (χ1n) is 5.91. The van der Waals surface area contributed by atoms with Crippen LogP contribution in [0.3, 0.4) is 0 Å². The standard InChI is InChI=1S/C12H22S/c1-13-12-7-6-11(9-12)8-10-4-2-3-5-10/h10-12H,2-9H2,1H3. The summed E-state index contributed by atoms with van der Waals surface area (Å²) in [5, 5.41) is 1.01. The average molecular weight is 198 g/mol. The first-order chi connectivity index (χ1) is 6.38. The molecule has 2 saturated carbocycles. The van der Waals surface area contributed by atoms with Crippen LogP contribution < -0.4 is 0 Å². The Morgan fingerprint density at radius 1 is 1.00 bits per heavy atom. The third kappa shape index (κ3) is 2.65. The topological polar surface area (TPSA) is 0 Å². The van der Waals surface area contributed by atoms with Gasteiger partial charge in [0.15, 0.2) is 0 Å². The summed E-state index contributed by atoms with van der Waals surface area (Å²) < 4.78 is 0. The molecule has 2 aliphatic carbocycles. The van der Waals surface area contributed by atoms with E-state index in [1.54, 1.807) is 19.3 Å². The minimum atomic E-state index is 1.01. The lowest BCUT2D eigenvalue weighted by molar-refractivity contribution is 0.382. The molecule has 0 amide bonds. The van der Waals surface area contributed by atoms with Gasteiger partial charge >= 0.3 is 0 Å². The van der Waals surface area contributed by atoms with Crippen LogP contribution in [0.5, 0.6) is 0 Å². The van der Waals surface area contributed by atoms with Crippen molar-refractivity contribution in [2.75, 3.05) is 6.26 Å². The zero-order valence-corrected chi connectivity index (χ0v) is 9.61. The average Bonchev–Trinajstić information content (AvgIpc) is 2.76. The summed E-state index contributed by atoms with van der Waals surface area (Å²) in [5.41, 5.74) is 0. The zero-order chi connectivity index (χ0) is 9.10. The normalized spacial score (nSPS) is 35.8. The second kappa shape index (κ2) is 4.72. The molecule has 0 spiro atoms. The highest BCUT2D eigenvalue weighted by Gasteiger charge is 2.27. The Bertz CT molecular complexity index is 149. The Labute approximate surface area is 86.9 Å². The smallest absolute Gasteiger partial charge is 0.00470 e. The molecule has 2 fully saturated rings. The molecule has 2 rings (SSSR count). The minimum absolute atomic E-state index is 1.01. The van der Waals surface area contributed by atoms with Gasteiger partial charge in [-0.1, -0.05) is 25.7 Å². The van der Waals surface area contributed by atoms with Gasteiger partial charge in [-0.2, -0.15) is 11.8 Å². The fourth-order valence-electron chi connectivity index (χ4n) is 3.17. The molecule has 0 radical (unpaired) electrons. The first kappa shape index (κ1) is 9.89. The highest BCUT2D eigenvalue weighted by molar-refractivity contribution is 7.99. The van der Waals surface area contributed by atoms with Crippen LogP contribution in [0.2, 0.25) is 0 Å². The Morgan fingerprint density at radius 3 is 2.38 bits per heavy atom. The van der Waals surface area contributed by atoms with Crippen molar-refractivity contribution in [2.45, 2.75) is 56.6 Å². The van der Waals surface area contributed by atoms with E-state index in [1.165, 1.54) is 32.1 Å². The molecule has 0 aromatic carbocycles. The van der Waals surface area contributed by atoms with Gasteiger partial charge in [0.25, 0.3) is 0 Å². The maximum absolute atomic E-state index is 2.28. The van der Waals surface area contributed by atoms with Crippen LogP contribution in [0.25, 0.3) is 0 Å². The van der Waals surface area contributed by atoms with Gasteiger partial charge in [-0.25, -0.2) is 0 Å². The van der Waals surface area contributed by atoms with E-state index in [2.05, 4.69) is 18.0 Å². The van der Waals surface area contributed by atoms with E-state index in [-0.39, 0.29) is 0 Å². The molecule has 0 aliphatic heterocycles. The zero-order valence-electron chi connectivity index (χ0n) is 8.80. The lowest BCUT2D eigenvalue weighted by Crippen LogP contribution is -2.03. The second-order valence-corrected chi connectivity index (χ2v) is 6.06. The van der Waals surface area contributed by atoms with Gasteiger partial charge < -0.3 is 0 Å². The molecular weight excluding hydrogens is 176 g/mol. The molecule has 2 aliphatic rings. The molecule has 0 aromatic rings. The van der Waals surface area contributed by atoms with Crippen molar-refractivity contribution >= 4 is 11.8 Å². The lowest BCUT2D eigenvalue weighted by Gasteiger charge is -2.14. The fourth-order valence-corrected chi connectivity index (χ4v) is 4.01. The Balaban J connectivity index is 1.70. The molecule has 2 atom stereocenters. The maximum Gasteiger partial charge on any atom is 0.00470 e. The summed E-state index contributed by atoms with van der Waals surface area (Å²) >= 11 is 2.09. The first-order valence-corrected chi connectivity index (χ1v) is 7.20. The van der Waals surface area contributed by atoms with Gasteiger partial charge in [0.05, 0.1) is 0 Å². The maximum atomic E-state index is 2.28. The molecular formula is C12H22S. The summed E-state index contributed by atoms with van der Waals surface area (Å²) in [6.45, 7) is 0. The van der Waals surface area contributed by atoms with Gasteiger partial charge in [0.2, 0.25) is 0 Å². The summed E-state index contributed by atoms with van der Waals surface area (Å²) in [6, 6.07) is 0. The second-order valence-electron chi connectivity index (χ2n) is 4.92. The quantitative estimate of drug-likeness (QED) is 0.658. The summed E-state index contributed by atoms with van der Waals surface area (Å²) in [4.78, 5) is 0. The Morgan fingerprint density at radius 2 is 1.77 bits per heavy atom. The van der Waals surface area contributed by atoms with Gasteiger partial charge in [-0.3, -0.25) is 0 Å². The minimum Gasteiger partial charge on any atom is -0.162 e.